The monoisotopic (exact) mass is 284 g/mol. The summed E-state index contributed by atoms with van der Waals surface area (Å²) in [6.45, 7) is -0.358. The van der Waals surface area contributed by atoms with Crippen LogP contribution in [0.2, 0.25) is 0 Å². The second-order valence-corrected chi connectivity index (χ2v) is 4.60. The van der Waals surface area contributed by atoms with Gasteiger partial charge >= 0.3 is 0 Å². The largest absolute Gasteiger partial charge is 0.394 e. The van der Waals surface area contributed by atoms with E-state index < -0.39 is 31.0 Å². The lowest BCUT2D eigenvalue weighted by Crippen LogP contribution is -2.47. The van der Waals surface area contributed by atoms with Crippen molar-refractivity contribution in [3.63, 3.8) is 0 Å². The summed E-state index contributed by atoms with van der Waals surface area (Å²) in [5.74, 6) is 0.826. The lowest BCUT2D eigenvalue weighted by atomic mass is 10.0. The van der Waals surface area contributed by atoms with Crippen LogP contribution in [-0.4, -0.2) is 75.5 Å². The first-order valence-corrected chi connectivity index (χ1v) is 6.69. The molecule has 0 aliphatic carbocycles. The number of rotatable bonds is 11. The summed E-state index contributed by atoms with van der Waals surface area (Å²) < 4.78 is 5.14. The van der Waals surface area contributed by atoms with Crippen molar-refractivity contribution in [2.45, 2.75) is 43.7 Å². The van der Waals surface area contributed by atoms with Crippen LogP contribution in [0, 0.1) is 0 Å². The molecular weight excluding hydrogens is 260 g/mol. The summed E-state index contributed by atoms with van der Waals surface area (Å²) in [5.41, 5.74) is 0. The zero-order valence-corrected chi connectivity index (χ0v) is 11.2. The maximum atomic E-state index is 9.50. The van der Waals surface area contributed by atoms with Gasteiger partial charge in [-0.1, -0.05) is 6.42 Å². The van der Waals surface area contributed by atoms with Crippen molar-refractivity contribution < 1.29 is 30.3 Å². The van der Waals surface area contributed by atoms with E-state index in [0.29, 0.717) is 6.61 Å². The topological polar surface area (TPSA) is 110 Å². The van der Waals surface area contributed by atoms with Crippen LogP contribution in [0.25, 0.3) is 0 Å². The average Bonchev–Trinajstić information content (AvgIpc) is 2.39. The summed E-state index contributed by atoms with van der Waals surface area (Å²) in [4.78, 5) is 0. The van der Waals surface area contributed by atoms with Gasteiger partial charge in [-0.25, -0.2) is 0 Å². The Morgan fingerprint density at radius 3 is 2.06 bits per heavy atom. The molecule has 0 radical (unpaired) electrons. The fraction of sp³-hybridized carbons (Fsp3) is 1.00. The number of ether oxygens (including phenoxy) is 1. The van der Waals surface area contributed by atoms with Gasteiger partial charge in [0.05, 0.1) is 13.2 Å². The third-order valence-corrected chi connectivity index (χ3v) is 2.88. The first-order valence-electron chi connectivity index (χ1n) is 6.06. The van der Waals surface area contributed by atoms with Crippen LogP contribution in [0.5, 0.6) is 0 Å². The number of hydrogen-bond donors (Lipinski definition) is 6. The molecule has 0 aromatic heterocycles. The second kappa shape index (κ2) is 11.0. The van der Waals surface area contributed by atoms with Crippen molar-refractivity contribution in [3.8, 4) is 0 Å². The van der Waals surface area contributed by atoms with Crippen LogP contribution in [-0.2, 0) is 4.74 Å². The molecule has 0 aliphatic rings. The Balaban J connectivity index is 3.70. The number of hydrogen-bond acceptors (Lipinski definition) is 7. The van der Waals surface area contributed by atoms with Crippen molar-refractivity contribution >= 4 is 12.6 Å². The highest BCUT2D eigenvalue weighted by Gasteiger charge is 2.29. The van der Waals surface area contributed by atoms with Crippen LogP contribution >= 0.6 is 12.6 Å². The van der Waals surface area contributed by atoms with E-state index >= 15 is 0 Å². The molecule has 0 aliphatic heterocycles. The highest BCUT2D eigenvalue weighted by molar-refractivity contribution is 7.80. The summed E-state index contributed by atoms with van der Waals surface area (Å²) in [6, 6.07) is 0. The number of thiol groups is 1. The van der Waals surface area contributed by atoms with E-state index in [0.717, 1.165) is 25.0 Å². The van der Waals surface area contributed by atoms with E-state index in [1.807, 2.05) is 0 Å². The minimum absolute atomic E-state index is 0.128. The van der Waals surface area contributed by atoms with Gasteiger partial charge < -0.3 is 30.3 Å². The molecule has 0 spiro atoms. The fourth-order valence-electron chi connectivity index (χ4n) is 1.36. The van der Waals surface area contributed by atoms with Crippen LogP contribution < -0.4 is 0 Å². The van der Waals surface area contributed by atoms with E-state index in [1.54, 1.807) is 0 Å². The van der Waals surface area contributed by atoms with Crippen molar-refractivity contribution in [3.05, 3.63) is 0 Å². The Kier molecular flexibility index (Phi) is 11.0. The molecule has 6 nitrogen and oxygen atoms in total. The van der Waals surface area contributed by atoms with Crippen molar-refractivity contribution in [2.75, 3.05) is 25.6 Å². The quantitative estimate of drug-likeness (QED) is 0.204. The van der Waals surface area contributed by atoms with E-state index in [1.165, 1.54) is 0 Å². The molecule has 0 rings (SSSR count). The molecule has 4 atom stereocenters. The molecule has 0 fully saturated rings. The molecule has 0 aromatic rings. The molecule has 18 heavy (non-hydrogen) atoms. The standard InChI is InChI=1S/C11H24O6S/c12-6-8(13)10(15)11(16)9(14)7-17-4-2-1-3-5-18/h8-16,18H,1-7H2. The number of unbranched alkanes of at least 4 members (excludes halogenated alkanes) is 2. The second-order valence-electron chi connectivity index (χ2n) is 4.16. The molecule has 0 saturated heterocycles. The van der Waals surface area contributed by atoms with Crippen LogP contribution in [0.15, 0.2) is 0 Å². The van der Waals surface area contributed by atoms with Gasteiger partial charge in [0.2, 0.25) is 0 Å². The van der Waals surface area contributed by atoms with Gasteiger partial charge in [0.1, 0.15) is 24.4 Å². The smallest absolute Gasteiger partial charge is 0.111 e. The fourth-order valence-corrected chi connectivity index (χ4v) is 1.58. The van der Waals surface area contributed by atoms with Gasteiger partial charge in [-0.3, -0.25) is 0 Å². The summed E-state index contributed by atoms with van der Waals surface area (Å²) in [5, 5.41) is 46.0. The molecule has 0 bridgehead atoms. The SMILES string of the molecule is OCC(O)C(O)C(O)C(O)COCCCCCS. The highest BCUT2D eigenvalue weighted by Crippen LogP contribution is 2.06. The van der Waals surface area contributed by atoms with Crippen molar-refractivity contribution in [2.24, 2.45) is 0 Å². The molecular formula is C11H24O6S. The molecule has 5 N–H and O–H groups in total. The van der Waals surface area contributed by atoms with E-state index in [2.05, 4.69) is 12.6 Å². The normalized spacial score (nSPS) is 18.3. The third-order valence-electron chi connectivity index (χ3n) is 2.56. The molecule has 0 saturated carbocycles. The number of aliphatic hydroxyl groups excluding tert-OH is 5. The van der Waals surface area contributed by atoms with Gasteiger partial charge in [0, 0.05) is 6.61 Å². The highest BCUT2D eigenvalue weighted by atomic mass is 32.1. The van der Waals surface area contributed by atoms with E-state index in [4.69, 9.17) is 14.9 Å². The maximum absolute atomic E-state index is 9.50. The van der Waals surface area contributed by atoms with E-state index in [9.17, 15) is 15.3 Å². The molecule has 0 amide bonds. The summed E-state index contributed by atoms with van der Waals surface area (Å²) in [6.07, 6.45) is -3.11. The zero-order chi connectivity index (χ0) is 14.0. The van der Waals surface area contributed by atoms with Gasteiger partial charge in [-0.15, -0.1) is 0 Å². The molecule has 7 heteroatoms. The maximum Gasteiger partial charge on any atom is 0.111 e. The Hall–Kier alpha value is 0.110. The Morgan fingerprint density at radius 1 is 0.889 bits per heavy atom. The van der Waals surface area contributed by atoms with Gasteiger partial charge in [0.25, 0.3) is 0 Å². The minimum Gasteiger partial charge on any atom is -0.394 e. The predicted octanol–water partition coefficient (Wildman–Crippen LogP) is -1.46. The van der Waals surface area contributed by atoms with Crippen LogP contribution in [0.1, 0.15) is 19.3 Å². The van der Waals surface area contributed by atoms with Gasteiger partial charge in [-0.05, 0) is 18.6 Å². The predicted molar refractivity (Wildman–Crippen MR) is 69.6 cm³/mol. The zero-order valence-electron chi connectivity index (χ0n) is 10.4. The van der Waals surface area contributed by atoms with Gasteiger partial charge in [0.15, 0.2) is 0 Å². The molecule has 4 unspecified atom stereocenters. The molecule has 0 heterocycles. The molecule has 0 aromatic carbocycles. The van der Waals surface area contributed by atoms with Gasteiger partial charge in [-0.2, -0.15) is 12.6 Å². The Bertz CT molecular complexity index is 194. The lowest BCUT2D eigenvalue weighted by Gasteiger charge is -2.25. The first-order chi connectivity index (χ1) is 8.54. The van der Waals surface area contributed by atoms with Crippen LogP contribution in [0.4, 0.5) is 0 Å². The summed E-state index contributed by atoms with van der Waals surface area (Å²) in [7, 11) is 0. The number of aliphatic hydroxyl groups is 5. The lowest BCUT2D eigenvalue weighted by molar-refractivity contribution is -0.129. The first kappa shape index (κ1) is 18.1. The van der Waals surface area contributed by atoms with Crippen molar-refractivity contribution in [1.29, 1.82) is 0 Å². The Labute approximate surface area is 113 Å². The minimum atomic E-state index is -1.60. The molecule has 110 valence electrons. The summed E-state index contributed by atoms with van der Waals surface area (Å²) >= 11 is 4.07. The Morgan fingerprint density at radius 2 is 1.50 bits per heavy atom. The third kappa shape index (κ3) is 7.52. The van der Waals surface area contributed by atoms with Crippen molar-refractivity contribution in [1.82, 2.24) is 0 Å². The average molecular weight is 284 g/mol. The van der Waals surface area contributed by atoms with Crippen LogP contribution in [0.3, 0.4) is 0 Å². The van der Waals surface area contributed by atoms with E-state index in [-0.39, 0.29) is 6.61 Å².